The molecule has 1 N–H and O–H groups in total. The lowest BCUT2D eigenvalue weighted by Gasteiger charge is -2.47. The highest BCUT2D eigenvalue weighted by atomic mass is 35.5. The summed E-state index contributed by atoms with van der Waals surface area (Å²) in [5, 5.41) is 13.1. The van der Waals surface area contributed by atoms with Gasteiger partial charge in [0.25, 0.3) is 0 Å². The third kappa shape index (κ3) is 5.70. The summed E-state index contributed by atoms with van der Waals surface area (Å²) < 4.78 is 5.27. The Morgan fingerprint density at radius 1 is 1.03 bits per heavy atom. The Morgan fingerprint density at radius 2 is 1.71 bits per heavy atom. The van der Waals surface area contributed by atoms with Crippen molar-refractivity contribution in [3.63, 3.8) is 0 Å². The Hall–Kier alpha value is -1.39. The van der Waals surface area contributed by atoms with Crippen molar-refractivity contribution in [2.45, 2.75) is 64.0 Å². The largest absolute Gasteiger partial charge is 0.385 e. The van der Waals surface area contributed by atoms with Crippen LogP contribution in [0.15, 0.2) is 48.5 Å². The highest BCUT2D eigenvalue weighted by Crippen LogP contribution is 2.45. The minimum absolute atomic E-state index is 0.0951. The van der Waals surface area contributed by atoms with Gasteiger partial charge in [0.1, 0.15) is 0 Å². The van der Waals surface area contributed by atoms with Gasteiger partial charge in [0.05, 0.1) is 5.60 Å². The van der Waals surface area contributed by atoms with Crippen molar-refractivity contribution in [3.8, 4) is 11.1 Å². The summed E-state index contributed by atoms with van der Waals surface area (Å²) in [5.74, 6) is 0.173. The van der Waals surface area contributed by atoms with Crippen LogP contribution in [-0.4, -0.2) is 42.4 Å². The van der Waals surface area contributed by atoms with Crippen LogP contribution in [0.25, 0.3) is 11.1 Å². The predicted molar refractivity (Wildman–Crippen MR) is 131 cm³/mol. The fourth-order valence-corrected chi connectivity index (χ4v) is 5.19. The van der Waals surface area contributed by atoms with Crippen LogP contribution in [0.1, 0.15) is 58.4 Å². The van der Waals surface area contributed by atoms with Crippen molar-refractivity contribution in [3.05, 3.63) is 59.1 Å². The quantitative estimate of drug-likeness (QED) is 0.471. The molecule has 0 amide bonds. The highest BCUT2D eigenvalue weighted by molar-refractivity contribution is 6.33. The van der Waals surface area contributed by atoms with E-state index < -0.39 is 5.60 Å². The summed E-state index contributed by atoms with van der Waals surface area (Å²) in [6.45, 7) is 9.52. The van der Waals surface area contributed by atoms with Crippen LogP contribution in [-0.2, 0) is 10.3 Å². The van der Waals surface area contributed by atoms with E-state index in [4.69, 9.17) is 16.3 Å². The van der Waals surface area contributed by atoms with Crippen LogP contribution in [0.4, 0.5) is 0 Å². The number of likely N-dealkylation sites (tertiary alicyclic amines) is 1. The van der Waals surface area contributed by atoms with Gasteiger partial charge in [-0.15, -0.1) is 0 Å². The molecule has 31 heavy (non-hydrogen) atoms. The molecule has 0 unspecified atom stereocenters. The first-order chi connectivity index (χ1) is 14.8. The van der Waals surface area contributed by atoms with E-state index in [0.717, 1.165) is 73.5 Å². The van der Waals surface area contributed by atoms with Crippen molar-refractivity contribution >= 4 is 11.6 Å². The zero-order valence-corrected chi connectivity index (χ0v) is 20.3. The van der Waals surface area contributed by atoms with Gasteiger partial charge in [-0.25, -0.2) is 0 Å². The average molecular weight is 444 g/mol. The molecule has 0 aromatic heterocycles. The fourth-order valence-electron chi connectivity index (χ4n) is 4.95. The number of hydrogen-bond acceptors (Lipinski definition) is 3. The molecule has 2 atom stereocenters. The first kappa shape index (κ1) is 24.3. The third-order valence-electron chi connectivity index (χ3n) is 6.76. The predicted octanol–water partition coefficient (Wildman–Crippen LogP) is 6.52. The molecule has 0 saturated carbocycles. The van der Waals surface area contributed by atoms with E-state index in [2.05, 4.69) is 43.9 Å². The molecule has 1 heterocycles. The number of benzene rings is 2. The van der Waals surface area contributed by atoms with Crippen LogP contribution in [0, 0.1) is 5.92 Å². The number of methoxy groups -OCH3 is 1. The number of unbranched alkanes of at least 4 members (excludes halogenated alkanes) is 1. The number of hydrogen-bond donors (Lipinski definition) is 1. The van der Waals surface area contributed by atoms with E-state index in [1.807, 2.05) is 30.3 Å². The molecule has 170 valence electrons. The molecule has 1 aliphatic heterocycles. The van der Waals surface area contributed by atoms with Crippen molar-refractivity contribution < 1.29 is 9.84 Å². The summed E-state index contributed by atoms with van der Waals surface area (Å²) in [5.41, 5.74) is 2.21. The van der Waals surface area contributed by atoms with Crippen molar-refractivity contribution in [2.24, 2.45) is 5.92 Å². The number of nitrogens with zero attached hydrogens (tertiary/aromatic N) is 1. The molecule has 0 aliphatic carbocycles. The Kier molecular flexibility index (Phi) is 8.20. The summed E-state index contributed by atoms with van der Waals surface area (Å²) in [6, 6.07) is 16.2. The summed E-state index contributed by atoms with van der Waals surface area (Å²) in [6.07, 6.45) is 4.73. The normalized spacial score (nSPS) is 19.9. The number of rotatable bonds is 8. The van der Waals surface area contributed by atoms with Gasteiger partial charge in [0, 0.05) is 42.3 Å². The lowest BCUT2D eigenvalue weighted by molar-refractivity contribution is -0.0737. The first-order valence-corrected chi connectivity index (χ1v) is 12.0. The minimum atomic E-state index is -0.909. The van der Waals surface area contributed by atoms with E-state index >= 15 is 0 Å². The van der Waals surface area contributed by atoms with Crippen LogP contribution in [0.2, 0.25) is 5.02 Å². The van der Waals surface area contributed by atoms with Gasteiger partial charge in [0.15, 0.2) is 0 Å². The van der Waals surface area contributed by atoms with Gasteiger partial charge in [-0.3, -0.25) is 4.90 Å². The molecule has 3 rings (SSSR count). The van der Waals surface area contributed by atoms with Crippen LogP contribution in [0.3, 0.4) is 0 Å². The number of ether oxygens (including phenoxy) is 1. The smallest absolute Gasteiger partial charge is 0.0942 e. The van der Waals surface area contributed by atoms with E-state index in [9.17, 15) is 5.11 Å². The number of aliphatic hydroxyl groups is 1. The average Bonchev–Trinajstić information content (AvgIpc) is 2.76. The lowest BCUT2D eigenvalue weighted by Crippen LogP contribution is -2.52. The molecule has 3 nitrogen and oxygen atoms in total. The molecule has 0 bridgehead atoms. The van der Waals surface area contributed by atoms with Crippen LogP contribution < -0.4 is 0 Å². The Labute approximate surface area is 193 Å². The van der Waals surface area contributed by atoms with Gasteiger partial charge in [0.2, 0.25) is 0 Å². The lowest BCUT2D eigenvalue weighted by atomic mass is 9.71. The van der Waals surface area contributed by atoms with Gasteiger partial charge in [-0.05, 0) is 76.6 Å². The zero-order valence-electron chi connectivity index (χ0n) is 19.5. The summed E-state index contributed by atoms with van der Waals surface area (Å²) >= 11 is 6.59. The van der Waals surface area contributed by atoms with Gasteiger partial charge in [-0.2, -0.15) is 0 Å². The first-order valence-electron chi connectivity index (χ1n) is 11.6. The molecule has 4 heteroatoms. The van der Waals surface area contributed by atoms with Crippen molar-refractivity contribution in [1.82, 2.24) is 4.90 Å². The molecule has 1 aliphatic rings. The second-order valence-corrected chi connectivity index (χ2v) is 10.3. The molecule has 1 fully saturated rings. The third-order valence-corrected chi connectivity index (χ3v) is 7.09. The monoisotopic (exact) mass is 443 g/mol. The maximum absolute atomic E-state index is 12.4. The molecule has 1 saturated heterocycles. The van der Waals surface area contributed by atoms with E-state index in [1.165, 1.54) is 0 Å². The number of piperidine rings is 1. The maximum atomic E-state index is 12.4. The molecular weight excluding hydrogens is 406 g/mol. The van der Waals surface area contributed by atoms with Crippen molar-refractivity contribution in [1.29, 1.82) is 0 Å². The molecule has 2 aromatic rings. The number of halogens is 1. The maximum Gasteiger partial charge on any atom is 0.0942 e. The topological polar surface area (TPSA) is 32.7 Å². The van der Waals surface area contributed by atoms with Gasteiger partial charge in [-0.1, -0.05) is 54.1 Å². The van der Waals surface area contributed by atoms with E-state index in [-0.39, 0.29) is 11.5 Å². The Balaban J connectivity index is 2.03. The standard InChI is InChI=1S/C27H38ClNO2/c1-26(2,3)29-18-11-12-21(20-29)27(30,17-9-10-19-31-4)24-15-7-5-13-22(24)23-14-6-8-16-25(23)28/h5-8,13-16,21,30H,9-12,17-20H2,1-4H3/t21-,27+/m1/s1. The summed E-state index contributed by atoms with van der Waals surface area (Å²) in [4.78, 5) is 2.53. The fraction of sp³-hybridized carbons (Fsp3) is 0.556. The van der Waals surface area contributed by atoms with Crippen LogP contribution in [0.5, 0.6) is 0 Å². The van der Waals surface area contributed by atoms with Crippen LogP contribution >= 0.6 is 11.6 Å². The zero-order chi connectivity index (χ0) is 22.5. The van der Waals surface area contributed by atoms with Gasteiger partial charge < -0.3 is 9.84 Å². The highest BCUT2D eigenvalue weighted by Gasteiger charge is 2.43. The summed E-state index contributed by atoms with van der Waals surface area (Å²) in [7, 11) is 1.74. The van der Waals surface area contributed by atoms with Gasteiger partial charge >= 0.3 is 0 Å². The molecular formula is C27H38ClNO2. The van der Waals surface area contributed by atoms with Crippen molar-refractivity contribution in [2.75, 3.05) is 26.8 Å². The second kappa shape index (κ2) is 10.5. The van der Waals surface area contributed by atoms with E-state index in [0.29, 0.717) is 0 Å². The Morgan fingerprint density at radius 3 is 2.39 bits per heavy atom. The minimum Gasteiger partial charge on any atom is -0.385 e. The molecule has 0 radical (unpaired) electrons. The second-order valence-electron chi connectivity index (χ2n) is 9.86. The molecule has 2 aromatic carbocycles. The SMILES string of the molecule is COCCCC[C@@](O)(c1ccccc1-c1ccccc1Cl)[C@@H]1CCCN(C(C)(C)C)C1. The Bertz CT molecular complexity index is 847. The van der Waals surface area contributed by atoms with E-state index in [1.54, 1.807) is 7.11 Å². The molecule has 0 spiro atoms.